The molecule has 10 heteroatoms. The highest BCUT2D eigenvalue weighted by Gasteiger charge is 2.63. The van der Waals surface area contributed by atoms with Gasteiger partial charge in [-0.3, -0.25) is 24.3 Å². The molecule has 1 aromatic carbocycles. The van der Waals surface area contributed by atoms with Crippen LogP contribution in [0.4, 0.5) is 0 Å². The largest absolute Gasteiger partial charge is 0.510 e. The maximum absolute atomic E-state index is 13.7. The average Bonchev–Trinajstić information content (AvgIpc) is 2.81. The molecule has 2 aromatic rings. The Labute approximate surface area is 206 Å². The van der Waals surface area contributed by atoms with Crippen molar-refractivity contribution in [3.8, 4) is 16.9 Å². The summed E-state index contributed by atoms with van der Waals surface area (Å²) in [7, 11) is 3.18. The number of aliphatic hydroxyl groups excluding tert-OH is 2. The van der Waals surface area contributed by atoms with Crippen LogP contribution in [0.15, 0.2) is 59.3 Å². The Bertz CT molecular complexity index is 1400. The van der Waals surface area contributed by atoms with Crippen LogP contribution in [0.25, 0.3) is 11.1 Å². The summed E-state index contributed by atoms with van der Waals surface area (Å²) in [4.78, 5) is 44.6. The van der Waals surface area contributed by atoms with Crippen LogP contribution in [-0.2, 0) is 16.0 Å². The number of nitrogens with zero attached hydrogens (tertiary/aromatic N) is 2. The van der Waals surface area contributed by atoms with Gasteiger partial charge in [-0.05, 0) is 67.7 Å². The number of rotatable bonds is 3. The Kier molecular flexibility index (Phi) is 5.27. The number of allylic oxidation sites excluding steroid dienone is 1. The summed E-state index contributed by atoms with van der Waals surface area (Å²) in [5, 5.41) is 44.4. The maximum atomic E-state index is 13.7. The van der Waals surface area contributed by atoms with Crippen molar-refractivity contribution in [2.45, 2.75) is 24.5 Å². The highest BCUT2D eigenvalue weighted by molar-refractivity contribution is 6.24. The van der Waals surface area contributed by atoms with E-state index >= 15 is 0 Å². The minimum absolute atomic E-state index is 0.0231. The first-order valence-electron chi connectivity index (χ1n) is 11.4. The van der Waals surface area contributed by atoms with Gasteiger partial charge < -0.3 is 26.2 Å². The Morgan fingerprint density at radius 1 is 1.11 bits per heavy atom. The molecular formula is C26H25N3O7. The molecule has 10 nitrogen and oxygen atoms in total. The lowest BCUT2D eigenvalue weighted by Crippen LogP contribution is -2.63. The zero-order valence-electron chi connectivity index (χ0n) is 19.6. The van der Waals surface area contributed by atoms with Gasteiger partial charge in [0, 0.05) is 23.9 Å². The van der Waals surface area contributed by atoms with E-state index in [1.807, 2.05) is 0 Å². The van der Waals surface area contributed by atoms with Crippen molar-refractivity contribution in [2.75, 3.05) is 14.1 Å². The van der Waals surface area contributed by atoms with Gasteiger partial charge in [0.05, 0.1) is 11.6 Å². The number of phenolic OH excluding ortho intramolecular Hbond substituents is 1. The van der Waals surface area contributed by atoms with Gasteiger partial charge in [-0.15, -0.1) is 0 Å². The number of phenols is 1. The van der Waals surface area contributed by atoms with Gasteiger partial charge in [0.25, 0.3) is 5.91 Å². The molecule has 3 aliphatic rings. The molecule has 186 valence electrons. The van der Waals surface area contributed by atoms with Gasteiger partial charge in [-0.2, -0.15) is 0 Å². The van der Waals surface area contributed by atoms with E-state index in [0.717, 1.165) is 5.56 Å². The summed E-state index contributed by atoms with van der Waals surface area (Å²) >= 11 is 0. The van der Waals surface area contributed by atoms with Crippen LogP contribution >= 0.6 is 0 Å². The number of hydrogen-bond donors (Lipinski definition) is 5. The van der Waals surface area contributed by atoms with Crippen LogP contribution in [0, 0.1) is 11.8 Å². The number of fused-ring (bicyclic) bond motifs is 3. The first-order chi connectivity index (χ1) is 17.0. The molecule has 0 aliphatic heterocycles. The monoisotopic (exact) mass is 491 g/mol. The molecule has 1 amide bonds. The van der Waals surface area contributed by atoms with Crippen molar-refractivity contribution in [3.05, 3.63) is 70.5 Å². The van der Waals surface area contributed by atoms with Crippen LogP contribution in [0.5, 0.6) is 5.75 Å². The zero-order chi connectivity index (χ0) is 26.1. The number of amides is 1. The number of aliphatic hydroxyl groups is 3. The van der Waals surface area contributed by atoms with Crippen molar-refractivity contribution in [1.82, 2.24) is 9.88 Å². The second kappa shape index (κ2) is 8.00. The normalized spacial score (nSPS) is 27.6. The number of hydrogen-bond acceptors (Lipinski definition) is 9. The minimum atomic E-state index is -2.65. The number of carbonyl (C=O) groups excluding carboxylic acids is 3. The van der Waals surface area contributed by atoms with Crippen LogP contribution in [-0.4, -0.2) is 73.5 Å². The Morgan fingerprint density at radius 2 is 1.78 bits per heavy atom. The highest BCUT2D eigenvalue weighted by atomic mass is 16.3. The molecule has 36 heavy (non-hydrogen) atoms. The fourth-order valence-corrected chi connectivity index (χ4v) is 6.05. The van der Waals surface area contributed by atoms with Crippen LogP contribution in [0.2, 0.25) is 0 Å². The molecule has 0 fully saturated rings. The molecular weight excluding hydrogens is 466 g/mol. The highest BCUT2D eigenvalue weighted by Crippen LogP contribution is 2.53. The second-order valence-corrected chi connectivity index (χ2v) is 9.68. The summed E-state index contributed by atoms with van der Waals surface area (Å²) in [5.74, 6) is -6.69. The van der Waals surface area contributed by atoms with E-state index in [9.17, 15) is 34.8 Å². The van der Waals surface area contributed by atoms with Crippen LogP contribution in [0.1, 0.15) is 22.3 Å². The Hall–Kier alpha value is -4.02. The standard InChI is InChI=1S/C26H25N3O7/c1-29(2)20-15-10-12-9-14-13(11-5-7-28-8-6-11)3-4-16(30)18(14)21(31)17(12)23(33)26(15,36)24(34)19(22(20)32)25(27)35/h3-8,12,15,20,30,32-33,36H,9-10H2,1-2H3,(H2,27,35)/t12-,15-,20-,26-/m1/s1. The number of carbonyl (C=O) groups is 3. The quantitative estimate of drug-likeness (QED) is 0.395. The number of aromatic hydroxyl groups is 1. The summed E-state index contributed by atoms with van der Waals surface area (Å²) in [6, 6.07) is 5.60. The van der Waals surface area contributed by atoms with Crippen molar-refractivity contribution >= 4 is 17.5 Å². The summed E-state index contributed by atoms with van der Waals surface area (Å²) in [6.07, 6.45) is 3.48. The van der Waals surface area contributed by atoms with Gasteiger partial charge in [0.15, 0.2) is 11.4 Å². The second-order valence-electron chi connectivity index (χ2n) is 9.68. The lowest BCUT2D eigenvalue weighted by molar-refractivity contribution is -0.148. The van der Waals surface area contributed by atoms with Crippen molar-refractivity contribution in [1.29, 1.82) is 0 Å². The van der Waals surface area contributed by atoms with E-state index in [1.165, 1.54) is 11.0 Å². The van der Waals surface area contributed by atoms with Crippen molar-refractivity contribution in [2.24, 2.45) is 17.6 Å². The number of likely N-dealkylation sites (N-methyl/N-ethyl adjacent to an activating group) is 1. The number of ketones is 2. The van der Waals surface area contributed by atoms with Crippen molar-refractivity contribution in [3.63, 3.8) is 0 Å². The van der Waals surface area contributed by atoms with E-state index < -0.39 is 58.0 Å². The lowest BCUT2D eigenvalue weighted by atomic mass is 9.58. The summed E-state index contributed by atoms with van der Waals surface area (Å²) < 4.78 is 0. The number of Topliss-reactive ketones (excluding diaryl/α,β-unsaturated/α-hetero) is 2. The third kappa shape index (κ3) is 3.04. The fourth-order valence-electron chi connectivity index (χ4n) is 6.05. The van der Waals surface area contributed by atoms with Gasteiger partial charge in [0.2, 0.25) is 5.78 Å². The zero-order valence-corrected chi connectivity index (χ0v) is 19.6. The fraction of sp³-hybridized carbons (Fsp3) is 0.308. The Balaban J connectivity index is 1.73. The summed E-state index contributed by atoms with van der Waals surface area (Å²) in [6.45, 7) is 0. The number of pyridine rings is 1. The number of benzene rings is 1. The van der Waals surface area contributed by atoms with Crippen molar-refractivity contribution < 1.29 is 34.8 Å². The predicted molar refractivity (Wildman–Crippen MR) is 127 cm³/mol. The molecule has 0 radical (unpaired) electrons. The van der Waals surface area contributed by atoms with E-state index in [0.29, 0.717) is 11.1 Å². The molecule has 4 atom stereocenters. The molecule has 5 rings (SSSR count). The number of nitrogens with two attached hydrogens (primary N) is 1. The van der Waals surface area contributed by atoms with Crippen LogP contribution in [0.3, 0.4) is 0 Å². The topological polar surface area (TPSA) is 174 Å². The predicted octanol–water partition coefficient (Wildman–Crippen LogP) is 1.18. The SMILES string of the molecule is CN(C)[C@H]1C(O)=C(C(N)=O)C(=O)[C@]2(O)C(O)=C3C(=O)c4c(O)ccc(-c5ccncc5)c4C[C@@H]3C[C@H]12. The molecule has 0 unspecified atom stereocenters. The molecule has 3 aliphatic carbocycles. The molecule has 1 aromatic heterocycles. The van der Waals surface area contributed by atoms with Gasteiger partial charge >= 0.3 is 0 Å². The molecule has 6 N–H and O–H groups in total. The van der Waals surface area contributed by atoms with E-state index in [-0.39, 0.29) is 29.7 Å². The molecule has 0 spiro atoms. The van der Waals surface area contributed by atoms with Gasteiger partial charge in [-0.25, -0.2) is 0 Å². The van der Waals surface area contributed by atoms with E-state index in [2.05, 4.69) is 4.98 Å². The van der Waals surface area contributed by atoms with E-state index in [1.54, 1.807) is 44.7 Å². The third-order valence-electron chi connectivity index (χ3n) is 7.60. The first kappa shape index (κ1) is 23.7. The molecule has 0 saturated carbocycles. The smallest absolute Gasteiger partial charge is 0.255 e. The molecule has 0 saturated heterocycles. The molecule has 1 heterocycles. The maximum Gasteiger partial charge on any atom is 0.255 e. The first-order valence-corrected chi connectivity index (χ1v) is 11.4. The number of aromatic nitrogens is 1. The van der Waals surface area contributed by atoms with Gasteiger partial charge in [0.1, 0.15) is 22.8 Å². The molecule has 0 bridgehead atoms. The van der Waals surface area contributed by atoms with Gasteiger partial charge in [-0.1, -0.05) is 6.07 Å². The third-order valence-corrected chi connectivity index (χ3v) is 7.60. The van der Waals surface area contributed by atoms with Crippen LogP contribution < -0.4 is 5.73 Å². The summed E-state index contributed by atoms with van der Waals surface area (Å²) in [5.41, 5.74) is 3.72. The Morgan fingerprint density at radius 3 is 2.39 bits per heavy atom. The minimum Gasteiger partial charge on any atom is -0.510 e. The van der Waals surface area contributed by atoms with E-state index in [4.69, 9.17) is 5.73 Å². The lowest BCUT2D eigenvalue weighted by Gasteiger charge is -2.50. The number of primary amides is 1. The average molecular weight is 492 g/mol.